The minimum atomic E-state index is -0.256. The van der Waals surface area contributed by atoms with E-state index in [0.717, 1.165) is 31.6 Å². The van der Waals surface area contributed by atoms with Gasteiger partial charge in [-0.2, -0.15) is 0 Å². The lowest BCUT2D eigenvalue weighted by Crippen LogP contribution is -2.57. The van der Waals surface area contributed by atoms with Gasteiger partial charge in [-0.25, -0.2) is 0 Å². The number of fused-ring (bicyclic) bond motifs is 5. The van der Waals surface area contributed by atoms with E-state index in [1.165, 1.54) is 32.1 Å². The highest BCUT2D eigenvalue weighted by atomic mass is 16.3. The average molecular weight is 429 g/mol. The van der Waals surface area contributed by atoms with E-state index in [4.69, 9.17) is 0 Å². The van der Waals surface area contributed by atoms with Crippen molar-refractivity contribution in [2.45, 2.75) is 105 Å². The number of hydrogen-bond acceptors (Lipinski definition) is 2. The van der Waals surface area contributed by atoms with Crippen molar-refractivity contribution in [3.63, 3.8) is 0 Å². The number of rotatable bonds is 5. The van der Waals surface area contributed by atoms with Gasteiger partial charge in [-0.05, 0) is 104 Å². The molecule has 4 aliphatic carbocycles. The molecule has 4 fully saturated rings. The van der Waals surface area contributed by atoms with E-state index in [2.05, 4.69) is 53.7 Å². The zero-order valence-electron chi connectivity index (χ0n) is 21.1. The molecule has 0 aromatic heterocycles. The topological polar surface area (TPSA) is 37.3 Å². The third-order valence-corrected chi connectivity index (χ3v) is 11.1. The molecule has 0 aliphatic heterocycles. The molecule has 0 aromatic carbocycles. The van der Waals surface area contributed by atoms with E-state index in [1.54, 1.807) is 0 Å². The molecular weight excluding hydrogens is 380 g/mol. The SMILES string of the molecule is CC[C@H](/C=C/[C@@H](C)[C@H]1CC[C@H]2[C@@H]3CC(=O)[C@H]4C[C@@H](O)CC[C@]4(C)[C@H]3CC[C@]12C)C(C)C. The van der Waals surface area contributed by atoms with Gasteiger partial charge in [-0.3, -0.25) is 4.79 Å². The monoisotopic (exact) mass is 428 g/mol. The Morgan fingerprint density at radius 1 is 1.00 bits per heavy atom. The second-order valence-electron chi connectivity index (χ2n) is 12.8. The highest BCUT2D eigenvalue weighted by molar-refractivity contribution is 5.83. The van der Waals surface area contributed by atoms with Crippen LogP contribution in [0.2, 0.25) is 0 Å². The van der Waals surface area contributed by atoms with Crippen molar-refractivity contribution < 1.29 is 9.90 Å². The van der Waals surface area contributed by atoms with Crippen LogP contribution in [0.15, 0.2) is 12.2 Å². The van der Waals surface area contributed by atoms with Crippen LogP contribution in [0.3, 0.4) is 0 Å². The summed E-state index contributed by atoms with van der Waals surface area (Å²) in [4.78, 5) is 13.3. The molecule has 0 saturated heterocycles. The second-order valence-corrected chi connectivity index (χ2v) is 12.8. The van der Waals surface area contributed by atoms with E-state index in [9.17, 15) is 9.90 Å². The number of Topliss-reactive ketones (excluding diaryl/α,β-unsaturated/α-hetero) is 1. The van der Waals surface area contributed by atoms with Crippen molar-refractivity contribution in [2.75, 3.05) is 0 Å². The molecule has 4 aliphatic rings. The Balaban J connectivity index is 1.53. The summed E-state index contributed by atoms with van der Waals surface area (Å²) in [5.41, 5.74) is 0.526. The fraction of sp³-hybridized carbons (Fsp3) is 0.897. The Labute approximate surface area is 191 Å². The van der Waals surface area contributed by atoms with Gasteiger partial charge in [-0.1, -0.05) is 53.7 Å². The van der Waals surface area contributed by atoms with Crippen molar-refractivity contribution in [1.29, 1.82) is 0 Å². The summed E-state index contributed by atoms with van der Waals surface area (Å²) in [6, 6.07) is 0. The van der Waals surface area contributed by atoms with Gasteiger partial charge in [0.15, 0.2) is 0 Å². The standard InChI is InChI=1S/C29H48O2/c1-7-20(18(2)3)9-8-19(4)23-10-11-24-22-17-27(31)26-16-21(30)12-14-29(26,6)25(22)13-15-28(23,24)5/h8-9,18-26,30H,7,10-17H2,1-6H3/b9-8+/t19-,20-,21+,22+,23-,24+,25+,26-,28-,29-/m1/s1. The first-order valence-corrected chi connectivity index (χ1v) is 13.5. The zero-order valence-corrected chi connectivity index (χ0v) is 21.1. The van der Waals surface area contributed by atoms with Gasteiger partial charge in [0.25, 0.3) is 0 Å². The summed E-state index contributed by atoms with van der Waals surface area (Å²) < 4.78 is 0. The number of hydrogen-bond donors (Lipinski definition) is 1. The van der Waals surface area contributed by atoms with Crippen molar-refractivity contribution >= 4 is 5.78 Å². The van der Waals surface area contributed by atoms with Crippen LogP contribution in [-0.2, 0) is 4.79 Å². The molecule has 0 radical (unpaired) electrons. The molecule has 31 heavy (non-hydrogen) atoms. The summed E-state index contributed by atoms with van der Waals surface area (Å²) in [5, 5.41) is 10.2. The predicted molar refractivity (Wildman–Crippen MR) is 129 cm³/mol. The zero-order chi connectivity index (χ0) is 22.6. The van der Waals surface area contributed by atoms with Crippen LogP contribution in [0.4, 0.5) is 0 Å². The van der Waals surface area contributed by atoms with Gasteiger partial charge in [0.1, 0.15) is 5.78 Å². The summed E-state index contributed by atoms with van der Waals surface area (Å²) in [6.07, 6.45) is 14.8. The highest BCUT2D eigenvalue weighted by Gasteiger charge is 2.62. The molecule has 10 atom stereocenters. The second kappa shape index (κ2) is 8.62. The van der Waals surface area contributed by atoms with Crippen LogP contribution in [0.1, 0.15) is 99.3 Å². The number of carbonyl (C=O) groups excluding carboxylic acids is 1. The van der Waals surface area contributed by atoms with Crippen LogP contribution in [0, 0.1) is 58.2 Å². The lowest BCUT2D eigenvalue weighted by molar-refractivity contribution is -0.159. The van der Waals surface area contributed by atoms with Crippen LogP contribution >= 0.6 is 0 Å². The summed E-state index contributed by atoms with van der Waals surface area (Å²) >= 11 is 0. The van der Waals surface area contributed by atoms with Crippen molar-refractivity contribution in [3.8, 4) is 0 Å². The predicted octanol–water partition coefficient (Wildman–Crippen LogP) is 7.06. The maximum absolute atomic E-state index is 13.3. The molecule has 4 rings (SSSR count). The van der Waals surface area contributed by atoms with E-state index in [0.29, 0.717) is 46.7 Å². The molecular formula is C29H48O2. The number of aliphatic hydroxyl groups excluding tert-OH is 1. The molecule has 176 valence electrons. The highest BCUT2D eigenvalue weighted by Crippen LogP contribution is 2.67. The molecule has 0 bridgehead atoms. The minimum Gasteiger partial charge on any atom is -0.393 e. The average Bonchev–Trinajstić information content (AvgIpc) is 3.07. The number of allylic oxidation sites excluding steroid dienone is 2. The Bertz CT molecular complexity index is 695. The largest absolute Gasteiger partial charge is 0.393 e. The maximum atomic E-state index is 13.3. The summed E-state index contributed by atoms with van der Waals surface area (Å²) in [6.45, 7) is 14.5. The lowest BCUT2D eigenvalue weighted by atomic mass is 9.44. The van der Waals surface area contributed by atoms with E-state index in [1.807, 2.05) is 0 Å². The maximum Gasteiger partial charge on any atom is 0.136 e. The summed E-state index contributed by atoms with van der Waals surface area (Å²) in [7, 11) is 0. The van der Waals surface area contributed by atoms with Gasteiger partial charge in [0.05, 0.1) is 6.10 Å². The lowest BCUT2D eigenvalue weighted by Gasteiger charge is -2.60. The quantitative estimate of drug-likeness (QED) is 0.476. The summed E-state index contributed by atoms with van der Waals surface area (Å²) in [5.74, 6) is 5.38. The first kappa shape index (κ1) is 23.5. The fourth-order valence-corrected chi connectivity index (χ4v) is 9.21. The Kier molecular flexibility index (Phi) is 6.54. The van der Waals surface area contributed by atoms with Gasteiger partial charge in [0.2, 0.25) is 0 Å². The molecule has 2 nitrogen and oxygen atoms in total. The van der Waals surface area contributed by atoms with Crippen LogP contribution < -0.4 is 0 Å². The van der Waals surface area contributed by atoms with Gasteiger partial charge < -0.3 is 5.11 Å². The molecule has 0 spiro atoms. The van der Waals surface area contributed by atoms with E-state index in [-0.39, 0.29) is 17.4 Å². The normalized spacial score (nSPS) is 47.2. The van der Waals surface area contributed by atoms with Gasteiger partial charge >= 0.3 is 0 Å². The number of ketones is 1. The van der Waals surface area contributed by atoms with Crippen molar-refractivity contribution in [3.05, 3.63) is 12.2 Å². The van der Waals surface area contributed by atoms with Crippen molar-refractivity contribution in [1.82, 2.24) is 0 Å². The molecule has 2 heteroatoms. The van der Waals surface area contributed by atoms with Crippen molar-refractivity contribution in [2.24, 2.45) is 58.2 Å². The molecule has 0 aromatic rings. The number of aliphatic hydroxyl groups is 1. The first-order chi connectivity index (χ1) is 14.6. The van der Waals surface area contributed by atoms with Gasteiger partial charge in [0, 0.05) is 12.3 Å². The smallest absolute Gasteiger partial charge is 0.136 e. The Morgan fingerprint density at radius 3 is 2.35 bits per heavy atom. The van der Waals surface area contributed by atoms with Crippen LogP contribution in [0.5, 0.6) is 0 Å². The molecule has 0 heterocycles. The third-order valence-electron chi connectivity index (χ3n) is 11.1. The molecule has 1 N–H and O–H groups in total. The van der Waals surface area contributed by atoms with Crippen LogP contribution in [0.25, 0.3) is 0 Å². The van der Waals surface area contributed by atoms with Gasteiger partial charge in [-0.15, -0.1) is 0 Å². The molecule has 0 amide bonds. The fourth-order valence-electron chi connectivity index (χ4n) is 9.21. The minimum absolute atomic E-state index is 0.114. The van der Waals surface area contributed by atoms with E-state index >= 15 is 0 Å². The Morgan fingerprint density at radius 2 is 1.68 bits per heavy atom. The number of carbonyl (C=O) groups is 1. The molecule has 0 unspecified atom stereocenters. The van der Waals surface area contributed by atoms with E-state index < -0.39 is 0 Å². The third kappa shape index (κ3) is 3.87. The van der Waals surface area contributed by atoms with Crippen LogP contribution in [-0.4, -0.2) is 17.0 Å². The first-order valence-electron chi connectivity index (χ1n) is 13.5. The Hall–Kier alpha value is -0.630. The molecule has 4 saturated carbocycles.